The Balaban J connectivity index is 4.41. The Morgan fingerprint density at radius 2 is 1.73 bits per heavy atom. The normalized spacial score (nSPS) is 15.2. The van der Waals surface area contributed by atoms with Gasteiger partial charge in [-0.15, -0.1) is 0 Å². The highest BCUT2D eigenvalue weighted by Crippen LogP contribution is 2.26. The van der Waals surface area contributed by atoms with Gasteiger partial charge < -0.3 is 4.90 Å². The highest BCUT2D eigenvalue weighted by atomic mass is 15.1. The smallest absolute Gasteiger partial charge is 0.0209 e. The van der Waals surface area contributed by atoms with Crippen molar-refractivity contribution in [2.75, 3.05) is 14.1 Å². The van der Waals surface area contributed by atoms with E-state index in [4.69, 9.17) is 0 Å². The van der Waals surface area contributed by atoms with E-state index in [1.54, 1.807) is 0 Å². The summed E-state index contributed by atoms with van der Waals surface area (Å²) in [5.41, 5.74) is 1.47. The van der Waals surface area contributed by atoms with Crippen LogP contribution in [0.25, 0.3) is 0 Å². The third-order valence-corrected chi connectivity index (χ3v) is 2.95. The van der Waals surface area contributed by atoms with E-state index in [0.717, 1.165) is 0 Å². The van der Waals surface area contributed by atoms with Crippen LogP contribution in [-0.4, -0.2) is 24.5 Å². The fourth-order valence-corrected chi connectivity index (χ4v) is 0.990. The lowest BCUT2D eigenvalue weighted by Gasteiger charge is -2.38. The molecule has 0 aliphatic rings. The molecule has 0 aromatic carbocycles. The molecule has 11 heavy (non-hydrogen) atoms. The Hall–Kier alpha value is -0.300. The average molecular weight is 155 g/mol. The van der Waals surface area contributed by atoms with Crippen molar-refractivity contribution in [3.8, 4) is 0 Å². The predicted octanol–water partition coefficient (Wildman–Crippen LogP) is 2.54. The van der Waals surface area contributed by atoms with Crippen LogP contribution in [0.4, 0.5) is 0 Å². The van der Waals surface area contributed by atoms with Crippen molar-refractivity contribution >= 4 is 0 Å². The first-order valence-electron chi connectivity index (χ1n) is 4.13. The van der Waals surface area contributed by atoms with Crippen LogP contribution in [0.15, 0.2) is 12.2 Å². The van der Waals surface area contributed by atoms with Crippen molar-refractivity contribution in [1.82, 2.24) is 4.90 Å². The molecule has 0 N–H and O–H groups in total. The summed E-state index contributed by atoms with van der Waals surface area (Å²) < 4.78 is 0. The standard InChI is InChI=1S/C10H21N/c1-8(2)9(3)10(4,5)11(6)7/h9H,1H2,2-7H3. The molecule has 0 fully saturated rings. The van der Waals surface area contributed by atoms with Crippen molar-refractivity contribution in [2.24, 2.45) is 5.92 Å². The molecule has 0 amide bonds. The second-order valence-corrected chi connectivity index (χ2v) is 4.12. The molecule has 0 aromatic rings. The van der Waals surface area contributed by atoms with Gasteiger partial charge >= 0.3 is 0 Å². The van der Waals surface area contributed by atoms with Crippen LogP contribution in [0, 0.1) is 5.92 Å². The Morgan fingerprint density at radius 1 is 1.36 bits per heavy atom. The molecule has 0 radical (unpaired) electrons. The second-order valence-electron chi connectivity index (χ2n) is 4.12. The first-order valence-corrected chi connectivity index (χ1v) is 4.13. The lowest BCUT2D eigenvalue weighted by Crippen LogP contribution is -2.44. The highest BCUT2D eigenvalue weighted by Gasteiger charge is 2.27. The molecular formula is C10H21N. The summed E-state index contributed by atoms with van der Waals surface area (Å²) in [6.07, 6.45) is 0. The maximum Gasteiger partial charge on any atom is 0.0209 e. The largest absolute Gasteiger partial charge is 0.304 e. The Labute approximate surface area is 71.1 Å². The lowest BCUT2D eigenvalue weighted by molar-refractivity contribution is 0.145. The molecule has 1 atom stereocenters. The van der Waals surface area contributed by atoms with E-state index in [-0.39, 0.29) is 5.54 Å². The molecule has 0 aliphatic carbocycles. The third-order valence-electron chi connectivity index (χ3n) is 2.95. The van der Waals surface area contributed by atoms with Gasteiger partial charge in [-0.2, -0.15) is 0 Å². The molecule has 1 unspecified atom stereocenters. The number of hydrogen-bond acceptors (Lipinski definition) is 1. The lowest BCUT2D eigenvalue weighted by atomic mass is 9.83. The summed E-state index contributed by atoms with van der Waals surface area (Å²) in [4.78, 5) is 2.24. The highest BCUT2D eigenvalue weighted by molar-refractivity contribution is 5.03. The van der Waals surface area contributed by atoms with Gasteiger partial charge in [0, 0.05) is 5.54 Å². The molecule has 0 bridgehead atoms. The summed E-state index contributed by atoms with van der Waals surface area (Å²) in [7, 11) is 4.22. The summed E-state index contributed by atoms with van der Waals surface area (Å²) in [6, 6.07) is 0. The van der Waals surface area contributed by atoms with Crippen LogP contribution < -0.4 is 0 Å². The van der Waals surface area contributed by atoms with Crippen LogP contribution in [0.2, 0.25) is 0 Å². The first kappa shape index (κ1) is 10.7. The average Bonchev–Trinajstić information content (AvgIpc) is 1.85. The maximum atomic E-state index is 3.98. The molecule has 0 saturated carbocycles. The van der Waals surface area contributed by atoms with Crippen LogP contribution in [0.5, 0.6) is 0 Å². The monoisotopic (exact) mass is 155 g/mol. The van der Waals surface area contributed by atoms with Gasteiger partial charge in [0.25, 0.3) is 0 Å². The van der Waals surface area contributed by atoms with Gasteiger partial charge in [0.1, 0.15) is 0 Å². The minimum Gasteiger partial charge on any atom is -0.304 e. The van der Waals surface area contributed by atoms with Gasteiger partial charge in [-0.3, -0.25) is 0 Å². The quantitative estimate of drug-likeness (QED) is 0.566. The van der Waals surface area contributed by atoms with E-state index in [1.165, 1.54) is 5.57 Å². The van der Waals surface area contributed by atoms with Crippen LogP contribution >= 0.6 is 0 Å². The number of nitrogens with zero attached hydrogens (tertiary/aromatic N) is 1. The fourth-order valence-electron chi connectivity index (χ4n) is 0.990. The summed E-state index contributed by atoms with van der Waals surface area (Å²) >= 11 is 0. The minimum atomic E-state index is 0.214. The van der Waals surface area contributed by atoms with Gasteiger partial charge in [-0.25, -0.2) is 0 Å². The van der Waals surface area contributed by atoms with Gasteiger partial charge in [0.05, 0.1) is 0 Å². The minimum absolute atomic E-state index is 0.214. The van der Waals surface area contributed by atoms with E-state index < -0.39 is 0 Å². The van der Waals surface area contributed by atoms with Crippen molar-refractivity contribution in [1.29, 1.82) is 0 Å². The summed E-state index contributed by atoms with van der Waals surface area (Å²) in [6.45, 7) is 12.8. The van der Waals surface area contributed by atoms with Crippen molar-refractivity contribution in [3.05, 3.63) is 12.2 Å². The molecule has 0 saturated heterocycles. The maximum absolute atomic E-state index is 3.98. The van der Waals surface area contributed by atoms with E-state index in [0.29, 0.717) is 5.92 Å². The predicted molar refractivity (Wildman–Crippen MR) is 51.7 cm³/mol. The van der Waals surface area contributed by atoms with Gasteiger partial charge in [0.2, 0.25) is 0 Å². The fraction of sp³-hybridized carbons (Fsp3) is 0.800. The third kappa shape index (κ3) is 2.33. The molecule has 1 nitrogen and oxygen atoms in total. The van der Waals surface area contributed by atoms with Crippen molar-refractivity contribution in [2.45, 2.75) is 33.2 Å². The van der Waals surface area contributed by atoms with Gasteiger partial charge in [0.15, 0.2) is 0 Å². The zero-order valence-electron chi connectivity index (χ0n) is 8.73. The Morgan fingerprint density at radius 3 is 1.82 bits per heavy atom. The second kappa shape index (κ2) is 3.40. The van der Waals surface area contributed by atoms with Crippen LogP contribution in [0.3, 0.4) is 0 Å². The number of hydrogen-bond donors (Lipinski definition) is 0. The Bertz CT molecular complexity index is 145. The Kier molecular flexibility index (Phi) is 3.30. The summed E-state index contributed by atoms with van der Waals surface area (Å²) in [5, 5.41) is 0. The topological polar surface area (TPSA) is 3.24 Å². The molecule has 0 aliphatic heterocycles. The van der Waals surface area contributed by atoms with Crippen molar-refractivity contribution < 1.29 is 0 Å². The zero-order valence-corrected chi connectivity index (χ0v) is 8.73. The van der Waals surface area contributed by atoms with Crippen LogP contribution in [-0.2, 0) is 0 Å². The van der Waals surface area contributed by atoms with Gasteiger partial charge in [-0.05, 0) is 40.8 Å². The molecule has 0 rings (SSSR count). The van der Waals surface area contributed by atoms with Crippen molar-refractivity contribution in [3.63, 3.8) is 0 Å². The van der Waals surface area contributed by atoms with E-state index in [1.807, 2.05) is 0 Å². The van der Waals surface area contributed by atoms with Crippen LogP contribution in [0.1, 0.15) is 27.7 Å². The SMILES string of the molecule is C=C(C)C(C)C(C)(C)N(C)C. The van der Waals surface area contributed by atoms with Gasteiger partial charge in [-0.1, -0.05) is 19.1 Å². The van der Waals surface area contributed by atoms with E-state index in [2.05, 4.69) is 53.3 Å². The molecule has 66 valence electrons. The molecule has 0 aromatic heterocycles. The van der Waals surface area contributed by atoms with E-state index in [9.17, 15) is 0 Å². The zero-order chi connectivity index (χ0) is 9.23. The number of rotatable bonds is 3. The summed E-state index contributed by atoms with van der Waals surface area (Å²) in [5.74, 6) is 0.539. The molecule has 0 spiro atoms. The molecular weight excluding hydrogens is 134 g/mol. The van der Waals surface area contributed by atoms with E-state index >= 15 is 0 Å². The first-order chi connectivity index (χ1) is 4.80. The molecule has 0 heterocycles. The molecule has 1 heteroatoms.